The molecule has 5 aromatic rings. The minimum absolute atomic E-state index is 0.0291. The summed E-state index contributed by atoms with van der Waals surface area (Å²) >= 11 is 0. The number of rotatable bonds is 6. The van der Waals surface area contributed by atoms with Gasteiger partial charge in [0.15, 0.2) is 5.82 Å². The molecular weight excluding hydrogens is 710 g/mol. The molecule has 0 radical (unpaired) electrons. The molecule has 284 valence electrons. The van der Waals surface area contributed by atoms with Gasteiger partial charge in [0.05, 0.1) is 47.1 Å². The highest BCUT2D eigenvalue weighted by Gasteiger charge is 2.55. The van der Waals surface area contributed by atoms with Gasteiger partial charge in [0, 0.05) is 59.5 Å². The number of hydrogen-bond donors (Lipinski definition) is 0. The number of amides is 1. The first-order chi connectivity index (χ1) is 25.5. The van der Waals surface area contributed by atoms with Crippen LogP contribution in [0.3, 0.4) is 0 Å². The number of likely N-dealkylation sites (tertiary alicyclic amines) is 1. The van der Waals surface area contributed by atoms with Gasteiger partial charge in [0.25, 0.3) is 10.0 Å². The van der Waals surface area contributed by atoms with E-state index in [0.29, 0.717) is 55.3 Å². The molecule has 1 aliphatic carbocycles. The molecule has 14 heteroatoms. The summed E-state index contributed by atoms with van der Waals surface area (Å²) in [5.41, 5.74) is 4.34. The molecule has 0 N–H and O–H groups in total. The maximum absolute atomic E-state index is 15.6. The highest BCUT2D eigenvalue weighted by Crippen LogP contribution is 2.55. The van der Waals surface area contributed by atoms with E-state index in [1.165, 1.54) is 18.3 Å². The zero-order valence-electron chi connectivity index (χ0n) is 31.8. The Bertz CT molecular complexity index is 2390. The third kappa shape index (κ3) is 6.32. The number of aryl methyl sites for hydroxylation is 2. The summed E-state index contributed by atoms with van der Waals surface area (Å²) < 4.78 is 57.7. The van der Waals surface area contributed by atoms with Crippen LogP contribution in [-0.2, 0) is 19.5 Å². The number of hydrogen-bond acceptors (Lipinski definition) is 9. The third-order valence-electron chi connectivity index (χ3n) is 10.9. The van der Waals surface area contributed by atoms with Crippen LogP contribution in [0.5, 0.6) is 0 Å². The van der Waals surface area contributed by atoms with E-state index >= 15 is 4.39 Å². The van der Waals surface area contributed by atoms with E-state index in [0.717, 1.165) is 39.3 Å². The van der Waals surface area contributed by atoms with E-state index in [4.69, 9.17) is 24.5 Å². The maximum atomic E-state index is 15.6. The molecule has 54 heavy (non-hydrogen) atoms. The third-order valence-corrected chi connectivity index (χ3v) is 12.6. The summed E-state index contributed by atoms with van der Waals surface area (Å²) in [6.07, 6.45) is 3.00. The Hall–Kier alpha value is -4.82. The fourth-order valence-corrected chi connectivity index (χ4v) is 9.62. The van der Waals surface area contributed by atoms with Gasteiger partial charge in [-0.3, -0.25) is 4.68 Å². The van der Waals surface area contributed by atoms with Crippen molar-refractivity contribution in [2.45, 2.75) is 83.9 Å². The predicted octanol–water partition coefficient (Wildman–Crippen LogP) is 7.06. The molecule has 1 atom stereocenters. The van der Waals surface area contributed by atoms with Crippen molar-refractivity contribution in [1.82, 2.24) is 28.6 Å². The smallest absolute Gasteiger partial charge is 0.410 e. The lowest BCUT2D eigenvalue weighted by atomic mass is 9.61. The molecule has 1 amide bonds. The van der Waals surface area contributed by atoms with Crippen LogP contribution in [0.2, 0.25) is 0 Å². The van der Waals surface area contributed by atoms with Gasteiger partial charge in [-0.25, -0.2) is 31.5 Å². The second-order valence-electron chi connectivity index (χ2n) is 16.3. The number of nitrogens with zero attached hydrogens (tertiary/aromatic N) is 7. The normalized spacial score (nSPS) is 18.9. The Kier molecular flexibility index (Phi) is 8.64. The van der Waals surface area contributed by atoms with Gasteiger partial charge in [-0.05, 0) is 91.6 Å². The van der Waals surface area contributed by atoms with E-state index in [2.05, 4.69) is 16.5 Å². The lowest BCUT2D eigenvalue weighted by molar-refractivity contribution is -0.0931. The number of anilines is 1. The van der Waals surface area contributed by atoms with E-state index in [-0.39, 0.29) is 39.8 Å². The van der Waals surface area contributed by atoms with Crippen LogP contribution in [0.1, 0.15) is 63.5 Å². The van der Waals surface area contributed by atoms with Gasteiger partial charge in [0.1, 0.15) is 17.2 Å². The zero-order valence-corrected chi connectivity index (χ0v) is 32.6. The second kappa shape index (κ2) is 12.9. The fourth-order valence-electron chi connectivity index (χ4n) is 8.28. The molecule has 3 aromatic heterocycles. The van der Waals surface area contributed by atoms with Crippen LogP contribution in [0, 0.1) is 32.0 Å². The number of carbonyl (C=O) groups is 1. The number of halogens is 1. The summed E-state index contributed by atoms with van der Waals surface area (Å²) in [5.74, 6) is 0.343. The molecule has 0 bridgehead atoms. The number of morpholine rings is 1. The SMILES string of the molecule is Cc1ccc(S(=O)(=O)n2ccc3c(-c4nc(-c5c(C)nn(C6CC7(C6)CN(C(=O)OC(C)(C)C)C7)c5C)cc(N5CCOC[C@H]5C)n4)cc(F)cc32)cc1. The van der Waals surface area contributed by atoms with Gasteiger partial charge >= 0.3 is 6.09 Å². The van der Waals surface area contributed by atoms with E-state index in [9.17, 15) is 13.2 Å². The molecule has 2 saturated heterocycles. The van der Waals surface area contributed by atoms with Crippen molar-refractivity contribution >= 4 is 32.8 Å². The van der Waals surface area contributed by atoms with Crippen LogP contribution in [0.15, 0.2) is 59.6 Å². The molecule has 2 aromatic carbocycles. The van der Waals surface area contributed by atoms with Crippen molar-refractivity contribution in [1.29, 1.82) is 0 Å². The van der Waals surface area contributed by atoms with Gasteiger partial charge < -0.3 is 19.3 Å². The van der Waals surface area contributed by atoms with Crippen LogP contribution >= 0.6 is 0 Å². The van der Waals surface area contributed by atoms with E-state index in [1.807, 2.05) is 47.6 Å². The molecule has 8 rings (SSSR count). The van der Waals surface area contributed by atoms with Crippen LogP contribution in [0.25, 0.3) is 33.5 Å². The van der Waals surface area contributed by atoms with Crippen molar-refractivity contribution < 1.29 is 27.1 Å². The second-order valence-corrected chi connectivity index (χ2v) is 18.1. The van der Waals surface area contributed by atoms with Gasteiger partial charge in [-0.15, -0.1) is 0 Å². The average Bonchev–Trinajstić information content (AvgIpc) is 3.62. The van der Waals surface area contributed by atoms with Gasteiger partial charge in [-0.2, -0.15) is 5.10 Å². The van der Waals surface area contributed by atoms with Crippen LogP contribution in [0.4, 0.5) is 15.0 Å². The minimum Gasteiger partial charge on any atom is -0.444 e. The Morgan fingerprint density at radius 3 is 2.43 bits per heavy atom. The first-order valence-corrected chi connectivity index (χ1v) is 19.9. The lowest BCUT2D eigenvalue weighted by Crippen LogP contribution is -2.64. The monoisotopic (exact) mass is 755 g/mol. The molecule has 0 unspecified atom stereocenters. The zero-order chi connectivity index (χ0) is 38.3. The molecule has 5 heterocycles. The predicted molar refractivity (Wildman–Crippen MR) is 204 cm³/mol. The topological polar surface area (TPSA) is 125 Å². The highest BCUT2D eigenvalue weighted by atomic mass is 32.2. The summed E-state index contributed by atoms with van der Waals surface area (Å²) in [6, 6.07) is 13.0. The number of ether oxygens (including phenoxy) is 2. The van der Waals surface area contributed by atoms with Crippen LogP contribution in [-0.4, -0.2) is 87.6 Å². The Balaban J connectivity index is 1.16. The number of aromatic nitrogens is 5. The summed E-state index contributed by atoms with van der Waals surface area (Å²) in [7, 11) is -4.02. The summed E-state index contributed by atoms with van der Waals surface area (Å²) in [5, 5.41) is 5.52. The van der Waals surface area contributed by atoms with Crippen molar-refractivity contribution in [2.24, 2.45) is 5.41 Å². The van der Waals surface area contributed by atoms with Gasteiger partial charge in [0.2, 0.25) is 0 Å². The highest BCUT2D eigenvalue weighted by molar-refractivity contribution is 7.90. The maximum Gasteiger partial charge on any atom is 0.410 e. The first kappa shape index (κ1) is 36.2. The summed E-state index contributed by atoms with van der Waals surface area (Å²) in [4.78, 5) is 26.7. The molecule has 3 aliphatic rings. The van der Waals surface area contributed by atoms with Crippen molar-refractivity contribution in [3.8, 4) is 22.6 Å². The molecule has 1 saturated carbocycles. The molecule has 2 aliphatic heterocycles. The Morgan fingerprint density at radius 1 is 1.02 bits per heavy atom. The largest absolute Gasteiger partial charge is 0.444 e. The van der Waals surface area contributed by atoms with Crippen LogP contribution < -0.4 is 4.90 Å². The standard InChI is InChI=1S/C40H46FN7O5S/c1-24-8-10-30(11-9-24)54(50,51)47-13-12-31-32(16-28(41)17-34(31)47)37-42-33(18-35(43-37)46-14-15-52-21-25(46)2)36-26(3)44-48(27(36)4)29-19-40(20-29)22-45(23-40)38(49)53-39(5,6)7/h8-13,16-18,25,29H,14-15,19-23H2,1-7H3/t25-/m1/s1. The number of fused-ring (bicyclic) bond motifs is 1. The fraction of sp³-hybridized carbons (Fsp3) is 0.450. The number of carbonyl (C=O) groups excluding carboxylic acids is 1. The molecule has 3 fully saturated rings. The Morgan fingerprint density at radius 2 is 1.74 bits per heavy atom. The van der Waals surface area contributed by atoms with E-state index in [1.54, 1.807) is 35.2 Å². The Labute approximate surface area is 315 Å². The minimum atomic E-state index is -4.02. The average molecular weight is 756 g/mol. The van der Waals surface area contributed by atoms with Crippen molar-refractivity contribution in [3.05, 3.63) is 77.5 Å². The molecule has 1 spiro atoms. The number of benzene rings is 2. The van der Waals surface area contributed by atoms with Gasteiger partial charge in [-0.1, -0.05) is 17.7 Å². The van der Waals surface area contributed by atoms with Crippen molar-refractivity contribution in [2.75, 3.05) is 37.7 Å². The quantitative estimate of drug-likeness (QED) is 0.179. The molecular formula is C40H46FN7O5S. The van der Waals surface area contributed by atoms with Crippen molar-refractivity contribution in [3.63, 3.8) is 0 Å². The summed E-state index contributed by atoms with van der Waals surface area (Å²) in [6.45, 7) is 16.6. The lowest BCUT2D eigenvalue weighted by Gasteiger charge is -2.58. The van der Waals surface area contributed by atoms with E-state index < -0.39 is 21.4 Å². The molecule has 12 nitrogen and oxygen atoms in total. The first-order valence-electron chi connectivity index (χ1n) is 18.4.